The van der Waals surface area contributed by atoms with Gasteiger partial charge in [0.1, 0.15) is 0 Å². The first-order valence-electron chi connectivity index (χ1n) is 11.1. The minimum atomic E-state index is -0.281. The average molecular weight is 434 g/mol. The molecule has 6 heteroatoms. The lowest BCUT2D eigenvalue weighted by Gasteiger charge is -2.31. The van der Waals surface area contributed by atoms with Crippen molar-refractivity contribution in [3.05, 3.63) is 77.6 Å². The molecule has 1 aliphatic rings. The van der Waals surface area contributed by atoms with E-state index in [-0.39, 0.29) is 12.1 Å². The van der Waals surface area contributed by atoms with Crippen LogP contribution in [-0.4, -0.2) is 36.3 Å². The number of aromatic nitrogens is 1. The lowest BCUT2D eigenvalue weighted by atomic mass is 10.0. The zero-order chi connectivity index (χ0) is 22.7. The van der Waals surface area contributed by atoms with Crippen LogP contribution in [0.15, 0.2) is 60.8 Å². The summed E-state index contributed by atoms with van der Waals surface area (Å²) in [6, 6.07) is 17.9. The molecule has 0 bridgehead atoms. The Morgan fingerprint density at radius 1 is 1.06 bits per heavy atom. The van der Waals surface area contributed by atoms with E-state index in [1.165, 1.54) is 0 Å². The lowest BCUT2D eigenvalue weighted by Crippen LogP contribution is -2.42. The molecule has 2 aromatic carbocycles. The van der Waals surface area contributed by atoms with Crippen molar-refractivity contribution in [2.45, 2.75) is 32.9 Å². The molecule has 0 unspecified atom stereocenters. The summed E-state index contributed by atoms with van der Waals surface area (Å²) in [6.45, 7) is 5.47. The standard InChI is InChI=1S/C26H31N3O3/c1-18(2)13-14-27-26(30)29-17-20-8-5-6-9-21(20)28-15-7-10-22(28)25(29)19-11-12-23(31-3)24(16-19)32-4/h5-12,15-16,18,25H,13-14,17H2,1-4H3,(H,27,30)/t25-/m0/s1. The highest BCUT2D eigenvalue weighted by Gasteiger charge is 2.33. The van der Waals surface area contributed by atoms with Gasteiger partial charge in [-0.15, -0.1) is 0 Å². The molecule has 32 heavy (non-hydrogen) atoms. The summed E-state index contributed by atoms with van der Waals surface area (Å²) < 4.78 is 13.2. The zero-order valence-corrected chi connectivity index (χ0v) is 19.2. The second-order valence-corrected chi connectivity index (χ2v) is 8.49. The molecule has 1 atom stereocenters. The first kappa shape index (κ1) is 21.8. The van der Waals surface area contributed by atoms with E-state index in [1.54, 1.807) is 14.2 Å². The number of hydrogen-bond acceptors (Lipinski definition) is 3. The number of nitrogens with one attached hydrogen (secondary N) is 1. The highest BCUT2D eigenvalue weighted by molar-refractivity contribution is 5.76. The molecule has 0 fully saturated rings. The number of nitrogens with zero attached hydrogens (tertiary/aromatic N) is 2. The Bertz CT molecular complexity index is 1090. The summed E-state index contributed by atoms with van der Waals surface area (Å²) in [5.74, 6) is 1.83. The van der Waals surface area contributed by atoms with Crippen LogP contribution in [0.2, 0.25) is 0 Å². The minimum Gasteiger partial charge on any atom is -0.493 e. The molecule has 2 amide bonds. The Balaban J connectivity index is 1.81. The summed E-state index contributed by atoms with van der Waals surface area (Å²) >= 11 is 0. The molecule has 0 radical (unpaired) electrons. The number of fused-ring (bicyclic) bond motifs is 3. The van der Waals surface area contributed by atoms with Crippen LogP contribution in [0.5, 0.6) is 11.5 Å². The minimum absolute atomic E-state index is 0.0742. The van der Waals surface area contributed by atoms with Gasteiger partial charge in [0, 0.05) is 18.4 Å². The predicted molar refractivity (Wildman–Crippen MR) is 126 cm³/mol. The predicted octanol–water partition coefficient (Wildman–Crippen LogP) is 5.16. The molecular formula is C26H31N3O3. The Labute approximate surface area is 189 Å². The summed E-state index contributed by atoms with van der Waals surface area (Å²) in [4.78, 5) is 15.4. The number of ether oxygens (including phenoxy) is 2. The molecular weight excluding hydrogens is 402 g/mol. The van der Waals surface area contributed by atoms with Crippen molar-refractivity contribution < 1.29 is 14.3 Å². The van der Waals surface area contributed by atoms with Gasteiger partial charge in [-0.1, -0.05) is 38.1 Å². The number of methoxy groups -OCH3 is 2. The summed E-state index contributed by atoms with van der Waals surface area (Å²) in [6.07, 6.45) is 3.00. The maximum atomic E-state index is 13.5. The Kier molecular flexibility index (Phi) is 6.40. The molecule has 0 spiro atoms. The molecule has 0 saturated heterocycles. The Morgan fingerprint density at radius 3 is 2.59 bits per heavy atom. The van der Waals surface area contributed by atoms with Crippen LogP contribution in [0.25, 0.3) is 5.69 Å². The van der Waals surface area contributed by atoms with Crippen molar-refractivity contribution in [1.29, 1.82) is 0 Å². The van der Waals surface area contributed by atoms with E-state index in [0.717, 1.165) is 28.9 Å². The second kappa shape index (κ2) is 9.39. The molecule has 3 aromatic rings. The van der Waals surface area contributed by atoms with E-state index in [0.29, 0.717) is 30.5 Å². The van der Waals surface area contributed by atoms with E-state index in [9.17, 15) is 4.79 Å². The van der Waals surface area contributed by atoms with Gasteiger partial charge in [-0.05, 0) is 53.8 Å². The number of carbonyl (C=O) groups excluding carboxylic acids is 1. The van der Waals surface area contributed by atoms with Gasteiger partial charge in [0.25, 0.3) is 0 Å². The molecule has 4 rings (SSSR count). The van der Waals surface area contributed by atoms with Crippen molar-refractivity contribution >= 4 is 6.03 Å². The fraction of sp³-hybridized carbons (Fsp3) is 0.346. The van der Waals surface area contributed by atoms with Crippen molar-refractivity contribution in [3.63, 3.8) is 0 Å². The van der Waals surface area contributed by atoms with Crippen molar-refractivity contribution in [2.24, 2.45) is 5.92 Å². The van der Waals surface area contributed by atoms with Gasteiger partial charge < -0.3 is 24.3 Å². The quantitative estimate of drug-likeness (QED) is 0.585. The van der Waals surface area contributed by atoms with Crippen molar-refractivity contribution in [1.82, 2.24) is 14.8 Å². The van der Waals surface area contributed by atoms with Crippen LogP contribution in [0.4, 0.5) is 4.79 Å². The first-order chi connectivity index (χ1) is 15.5. The number of benzene rings is 2. The smallest absolute Gasteiger partial charge is 0.318 e. The van der Waals surface area contributed by atoms with Gasteiger partial charge in [0.15, 0.2) is 11.5 Å². The summed E-state index contributed by atoms with van der Waals surface area (Å²) in [7, 11) is 3.25. The average Bonchev–Trinajstić information content (AvgIpc) is 3.22. The molecule has 2 heterocycles. The third-order valence-electron chi connectivity index (χ3n) is 5.95. The molecule has 168 valence electrons. The highest BCUT2D eigenvalue weighted by Crippen LogP contribution is 2.39. The van der Waals surface area contributed by atoms with E-state index in [1.807, 2.05) is 41.3 Å². The van der Waals surface area contributed by atoms with Gasteiger partial charge in [-0.2, -0.15) is 0 Å². The second-order valence-electron chi connectivity index (χ2n) is 8.49. The number of rotatable bonds is 6. The Hall–Kier alpha value is -3.41. The van der Waals surface area contributed by atoms with Crippen LogP contribution >= 0.6 is 0 Å². The number of hydrogen-bond donors (Lipinski definition) is 1. The fourth-order valence-electron chi connectivity index (χ4n) is 4.28. The molecule has 1 aromatic heterocycles. The third kappa shape index (κ3) is 4.17. The molecule has 0 saturated carbocycles. The van der Waals surface area contributed by atoms with Crippen LogP contribution in [-0.2, 0) is 6.54 Å². The molecule has 0 aliphatic carbocycles. The van der Waals surface area contributed by atoms with Gasteiger partial charge >= 0.3 is 6.03 Å². The monoisotopic (exact) mass is 433 g/mol. The normalized spacial score (nSPS) is 15.0. The van der Waals surface area contributed by atoms with E-state index >= 15 is 0 Å². The molecule has 6 nitrogen and oxygen atoms in total. The number of amides is 2. The topological polar surface area (TPSA) is 55.7 Å². The fourth-order valence-corrected chi connectivity index (χ4v) is 4.28. The molecule has 1 aliphatic heterocycles. The van der Waals surface area contributed by atoms with Crippen molar-refractivity contribution in [2.75, 3.05) is 20.8 Å². The van der Waals surface area contributed by atoms with Crippen LogP contribution in [0.1, 0.15) is 43.1 Å². The van der Waals surface area contributed by atoms with Crippen LogP contribution in [0.3, 0.4) is 0 Å². The lowest BCUT2D eigenvalue weighted by molar-refractivity contribution is 0.180. The SMILES string of the molecule is COc1ccc([C@H]2c3cccn3-c3ccccc3CN2C(=O)NCCC(C)C)cc1OC. The van der Waals surface area contributed by atoms with Crippen LogP contribution in [0, 0.1) is 5.92 Å². The van der Waals surface area contributed by atoms with Crippen molar-refractivity contribution in [3.8, 4) is 17.2 Å². The number of carbonyl (C=O) groups is 1. The summed E-state index contributed by atoms with van der Waals surface area (Å²) in [5.41, 5.74) is 4.19. The number of urea groups is 1. The summed E-state index contributed by atoms with van der Waals surface area (Å²) in [5, 5.41) is 3.14. The maximum absolute atomic E-state index is 13.5. The largest absolute Gasteiger partial charge is 0.493 e. The highest BCUT2D eigenvalue weighted by atomic mass is 16.5. The van der Waals surface area contributed by atoms with E-state index in [2.05, 4.69) is 48.1 Å². The van der Waals surface area contributed by atoms with Gasteiger partial charge in [0.05, 0.1) is 32.5 Å². The maximum Gasteiger partial charge on any atom is 0.318 e. The van der Waals surface area contributed by atoms with Gasteiger partial charge in [-0.25, -0.2) is 4.79 Å². The van der Waals surface area contributed by atoms with Crippen LogP contribution < -0.4 is 14.8 Å². The van der Waals surface area contributed by atoms with E-state index in [4.69, 9.17) is 9.47 Å². The van der Waals surface area contributed by atoms with E-state index < -0.39 is 0 Å². The third-order valence-corrected chi connectivity index (χ3v) is 5.95. The Morgan fingerprint density at radius 2 is 1.84 bits per heavy atom. The van der Waals surface area contributed by atoms with Gasteiger partial charge in [-0.3, -0.25) is 0 Å². The first-order valence-corrected chi connectivity index (χ1v) is 11.1. The van der Waals surface area contributed by atoms with Gasteiger partial charge in [0.2, 0.25) is 0 Å². The number of para-hydroxylation sites is 1. The zero-order valence-electron chi connectivity index (χ0n) is 19.2. The molecule has 1 N–H and O–H groups in total.